The Labute approximate surface area is 146 Å². The van der Waals surface area contributed by atoms with Gasteiger partial charge < -0.3 is 34.3 Å². The van der Waals surface area contributed by atoms with E-state index in [1.54, 1.807) is 34.6 Å². The highest BCUT2D eigenvalue weighted by molar-refractivity contribution is 5.89. The summed E-state index contributed by atoms with van der Waals surface area (Å²) in [6, 6.07) is -0.704. The molecular weight excluding hydrogens is 332 g/mol. The Bertz CT molecular complexity index is 565. The van der Waals surface area contributed by atoms with Crippen LogP contribution in [0.3, 0.4) is 0 Å². The first kappa shape index (κ1) is 18.5. The zero-order chi connectivity index (χ0) is 18.6. The molecule has 2 amide bonds. The Hall–Kier alpha value is -1.26. The van der Waals surface area contributed by atoms with Crippen LogP contribution in [0.2, 0.25) is 0 Å². The van der Waals surface area contributed by atoms with Crippen LogP contribution in [0.5, 0.6) is 0 Å². The minimum absolute atomic E-state index is 0.302. The number of fused-ring (bicyclic) bond motifs is 3. The number of carbonyl (C=O) groups excluding carboxylic acids is 2. The Balaban J connectivity index is 1.80. The summed E-state index contributed by atoms with van der Waals surface area (Å²) in [7, 11) is 1.50. The van der Waals surface area contributed by atoms with Crippen LogP contribution >= 0.6 is 0 Å². The summed E-state index contributed by atoms with van der Waals surface area (Å²) < 4.78 is 29.3. The fourth-order valence-corrected chi connectivity index (χ4v) is 3.40. The number of likely N-dealkylation sites (N-methyl/N-ethyl adjacent to an activating group) is 1. The summed E-state index contributed by atoms with van der Waals surface area (Å²) in [5.41, 5.74) is 0. The SMILES string of the molecule is CNC(=O)C(C)NC(=O)C1O[C@@H]2OC(C)(C)O[C@@H]2[C@H]2OC(C)(C)O[C@@H]12. The van der Waals surface area contributed by atoms with Gasteiger partial charge in [0.05, 0.1) is 0 Å². The second-order valence-electron chi connectivity index (χ2n) is 7.43. The van der Waals surface area contributed by atoms with Gasteiger partial charge >= 0.3 is 0 Å². The molecule has 0 aromatic carbocycles. The van der Waals surface area contributed by atoms with Crippen molar-refractivity contribution in [3.05, 3.63) is 0 Å². The summed E-state index contributed by atoms with van der Waals surface area (Å²) >= 11 is 0. The van der Waals surface area contributed by atoms with E-state index in [9.17, 15) is 9.59 Å². The minimum atomic E-state index is -0.974. The fraction of sp³-hybridized carbons (Fsp3) is 0.875. The van der Waals surface area contributed by atoms with Crippen LogP contribution in [0.25, 0.3) is 0 Å². The molecule has 3 saturated heterocycles. The molecule has 0 aromatic rings. The average Bonchev–Trinajstić information content (AvgIpc) is 2.99. The molecule has 0 bridgehead atoms. The highest BCUT2D eigenvalue weighted by Gasteiger charge is 2.62. The van der Waals surface area contributed by atoms with Gasteiger partial charge in [-0.05, 0) is 34.6 Å². The number of hydrogen-bond acceptors (Lipinski definition) is 7. The van der Waals surface area contributed by atoms with Crippen molar-refractivity contribution in [3.8, 4) is 0 Å². The lowest BCUT2D eigenvalue weighted by atomic mass is 9.98. The second-order valence-corrected chi connectivity index (χ2v) is 7.43. The van der Waals surface area contributed by atoms with Gasteiger partial charge in [-0.3, -0.25) is 9.59 Å². The van der Waals surface area contributed by atoms with Gasteiger partial charge in [0.15, 0.2) is 24.0 Å². The van der Waals surface area contributed by atoms with Crippen LogP contribution in [0, 0.1) is 0 Å². The van der Waals surface area contributed by atoms with E-state index in [1.807, 2.05) is 0 Å². The topological polar surface area (TPSA) is 104 Å². The normalized spacial score (nSPS) is 39.2. The van der Waals surface area contributed by atoms with Crippen LogP contribution in [0.15, 0.2) is 0 Å². The minimum Gasteiger partial charge on any atom is -0.357 e. The Morgan fingerprint density at radius 1 is 0.920 bits per heavy atom. The van der Waals surface area contributed by atoms with Gasteiger partial charge in [0.2, 0.25) is 5.91 Å². The summed E-state index contributed by atoms with van der Waals surface area (Å²) in [5.74, 6) is -2.49. The van der Waals surface area contributed by atoms with Gasteiger partial charge in [-0.1, -0.05) is 0 Å². The summed E-state index contributed by atoms with van der Waals surface area (Å²) in [4.78, 5) is 24.3. The van der Waals surface area contributed by atoms with Crippen LogP contribution < -0.4 is 10.6 Å². The van der Waals surface area contributed by atoms with Crippen LogP contribution in [-0.2, 0) is 33.3 Å². The van der Waals surface area contributed by atoms with Crippen molar-refractivity contribution >= 4 is 11.8 Å². The molecule has 0 radical (unpaired) electrons. The molecular formula is C16H26N2O7. The highest BCUT2D eigenvalue weighted by atomic mass is 16.9. The van der Waals surface area contributed by atoms with Crippen molar-refractivity contribution < 1.29 is 33.3 Å². The van der Waals surface area contributed by atoms with Crippen molar-refractivity contribution in [1.29, 1.82) is 0 Å². The lowest BCUT2D eigenvalue weighted by molar-refractivity contribution is -0.231. The third-order valence-electron chi connectivity index (χ3n) is 4.41. The van der Waals surface area contributed by atoms with Crippen LogP contribution in [0.4, 0.5) is 0 Å². The zero-order valence-electron chi connectivity index (χ0n) is 15.3. The molecule has 0 aromatic heterocycles. The zero-order valence-corrected chi connectivity index (χ0v) is 15.3. The molecule has 6 atom stereocenters. The maximum absolute atomic E-state index is 12.7. The van der Waals surface area contributed by atoms with E-state index < -0.39 is 54.2 Å². The molecule has 2 N–H and O–H groups in total. The van der Waals surface area contributed by atoms with E-state index in [0.29, 0.717) is 0 Å². The van der Waals surface area contributed by atoms with E-state index in [-0.39, 0.29) is 5.91 Å². The summed E-state index contributed by atoms with van der Waals surface area (Å²) in [5, 5.41) is 5.12. The number of hydrogen-bond donors (Lipinski definition) is 2. The lowest BCUT2D eigenvalue weighted by Gasteiger charge is -2.36. The van der Waals surface area contributed by atoms with E-state index in [2.05, 4.69) is 10.6 Å². The van der Waals surface area contributed by atoms with Crippen LogP contribution in [-0.4, -0.2) is 67.2 Å². The number of rotatable bonds is 3. The van der Waals surface area contributed by atoms with Gasteiger partial charge in [-0.25, -0.2) is 0 Å². The molecule has 0 spiro atoms. The van der Waals surface area contributed by atoms with Crippen molar-refractivity contribution in [2.24, 2.45) is 0 Å². The predicted octanol–water partition coefficient (Wildman–Crippen LogP) is -0.366. The average molecular weight is 358 g/mol. The molecule has 0 aliphatic carbocycles. The molecule has 25 heavy (non-hydrogen) atoms. The first-order chi connectivity index (χ1) is 11.5. The number of nitrogens with one attached hydrogen (secondary N) is 2. The summed E-state index contributed by atoms with van der Waals surface area (Å²) in [6.07, 6.45) is -3.40. The van der Waals surface area contributed by atoms with E-state index in [4.69, 9.17) is 23.7 Å². The Kier molecular flexibility index (Phi) is 4.57. The van der Waals surface area contributed by atoms with Crippen LogP contribution in [0.1, 0.15) is 34.6 Å². The third-order valence-corrected chi connectivity index (χ3v) is 4.41. The van der Waals surface area contributed by atoms with E-state index in [0.717, 1.165) is 0 Å². The van der Waals surface area contributed by atoms with Crippen molar-refractivity contribution in [1.82, 2.24) is 10.6 Å². The third kappa shape index (κ3) is 3.52. The van der Waals surface area contributed by atoms with Crippen molar-refractivity contribution in [2.45, 2.75) is 82.9 Å². The maximum Gasteiger partial charge on any atom is 0.252 e. The smallest absolute Gasteiger partial charge is 0.252 e. The predicted molar refractivity (Wildman–Crippen MR) is 84.2 cm³/mol. The van der Waals surface area contributed by atoms with Gasteiger partial charge in [0.1, 0.15) is 24.4 Å². The molecule has 142 valence electrons. The highest BCUT2D eigenvalue weighted by Crippen LogP contribution is 2.44. The van der Waals surface area contributed by atoms with Crippen molar-refractivity contribution in [3.63, 3.8) is 0 Å². The molecule has 9 heteroatoms. The lowest BCUT2D eigenvalue weighted by Crippen LogP contribution is -2.61. The molecule has 3 aliphatic rings. The number of ether oxygens (including phenoxy) is 5. The number of carbonyl (C=O) groups is 2. The Morgan fingerprint density at radius 3 is 2.12 bits per heavy atom. The fourth-order valence-electron chi connectivity index (χ4n) is 3.40. The Morgan fingerprint density at radius 2 is 1.48 bits per heavy atom. The van der Waals surface area contributed by atoms with E-state index in [1.165, 1.54) is 7.05 Å². The standard InChI is InChI=1S/C16H26N2O7/c1-7(12(19)17-6)18-13(20)10-8-9(23-15(2,3)22-8)11-14(21-10)25-16(4,5)24-11/h7-11,14H,1-6H3,(H,17,19)(H,18,20)/t7?,8-,9+,10?,11-,14-/m1/s1. The maximum atomic E-state index is 12.7. The van der Waals surface area contributed by atoms with Gasteiger partial charge in [0.25, 0.3) is 5.91 Å². The molecule has 3 rings (SSSR count). The second kappa shape index (κ2) is 6.17. The molecule has 2 unspecified atom stereocenters. The molecule has 3 fully saturated rings. The summed E-state index contributed by atoms with van der Waals surface area (Å²) in [6.45, 7) is 8.67. The first-order valence-corrected chi connectivity index (χ1v) is 8.42. The van der Waals surface area contributed by atoms with E-state index >= 15 is 0 Å². The van der Waals surface area contributed by atoms with Gasteiger partial charge in [0, 0.05) is 7.05 Å². The quantitative estimate of drug-likeness (QED) is 0.709. The molecule has 9 nitrogen and oxygen atoms in total. The monoisotopic (exact) mass is 358 g/mol. The molecule has 3 aliphatic heterocycles. The van der Waals surface area contributed by atoms with Gasteiger partial charge in [-0.2, -0.15) is 0 Å². The van der Waals surface area contributed by atoms with Gasteiger partial charge in [-0.15, -0.1) is 0 Å². The molecule has 3 heterocycles. The number of amides is 2. The largest absolute Gasteiger partial charge is 0.357 e. The molecule has 0 saturated carbocycles. The first-order valence-electron chi connectivity index (χ1n) is 8.42. The van der Waals surface area contributed by atoms with Crippen molar-refractivity contribution in [2.75, 3.05) is 7.05 Å².